The van der Waals surface area contributed by atoms with E-state index in [1.165, 1.54) is 22.5 Å². The first kappa shape index (κ1) is 22.1. The molecule has 1 fully saturated rings. The van der Waals surface area contributed by atoms with Gasteiger partial charge in [0.2, 0.25) is 0 Å². The van der Waals surface area contributed by atoms with Crippen LogP contribution in [0.2, 0.25) is 0 Å². The van der Waals surface area contributed by atoms with Gasteiger partial charge in [-0.3, -0.25) is 9.69 Å². The lowest BCUT2D eigenvalue weighted by Gasteiger charge is -2.31. The third kappa shape index (κ3) is 3.94. The maximum absolute atomic E-state index is 14.1. The maximum atomic E-state index is 14.1. The van der Waals surface area contributed by atoms with Crippen LogP contribution in [-0.4, -0.2) is 37.2 Å². The molecule has 0 bridgehead atoms. The van der Waals surface area contributed by atoms with Gasteiger partial charge in [-0.25, -0.2) is 4.98 Å². The van der Waals surface area contributed by atoms with Crippen molar-refractivity contribution in [3.8, 4) is 0 Å². The predicted octanol–water partition coefficient (Wildman–Crippen LogP) is 5.57. The molecule has 2 aliphatic rings. The Hall–Kier alpha value is -3.42. The number of carbonyl (C=O) groups is 1. The minimum Gasteiger partial charge on any atom is -0.397 e. The Bertz CT molecular complexity index is 1320. The maximum Gasteiger partial charge on any atom is 0.275 e. The zero-order chi connectivity index (χ0) is 23.8. The number of rotatable bonds is 4. The number of aryl methyl sites for hydroxylation is 1. The highest BCUT2D eigenvalue weighted by atomic mass is 32.1. The summed E-state index contributed by atoms with van der Waals surface area (Å²) < 4.78 is 5.58. The van der Waals surface area contributed by atoms with Gasteiger partial charge in [0.05, 0.1) is 18.9 Å². The summed E-state index contributed by atoms with van der Waals surface area (Å²) in [5, 5.41) is 0.978. The fraction of sp³-hybridized carbons (Fsp3) is 0.286. The van der Waals surface area contributed by atoms with Crippen LogP contribution in [0.4, 0.5) is 22.9 Å². The highest BCUT2D eigenvalue weighted by Crippen LogP contribution is 2.43. The van der Waals surface area contributed by atoms with E-state index in [9.17, 15) is 4.79 Å². The fourth-order valence-electron chi connectivity index (χ4n) is 5.23. The number of nitrogens with two attached hydrogens (primary N) is 1. The second-order valence-corrected chi connectivity index (χ2v) is 10.0. The van der Waals surface area contributed by atoms with E-state index in [0.29, 0.717) is 23.8 Å². The second kappa shape index (κ2) is 9.32. The summed E-state index contributed by atoms with van der Waals surface area (Å²) in [4.78, 5) is 24.7. The number of benzene rings is 2. The van der Waals surface area contributed by atoms with Gasteiger partial charge < -0.3 is 15.4 Å². The number of aromatic nitrogens is 1. The standard InChI is InChI=1S/C28H28N4O2S/c29-24-23-21-13-7-8-14-22(21)26(31-15-17-34-18-16-31)30-27(23)35-25(24)28(33)32(19-9-3-1-4-10-19)20-11-5-2-6-12-20/h1-6,9-12H,7-8,13-18,29H2. The highest BCUT2D eigenvalue weighted by molar-refractivity contribution is 7.21. The molecule has 6 nitrogen and oxygen atoms in total. The molecule has 0 atom stereocenters. The molecule has 1 aliphatic heterocycles. The van der Waals surface area contributed by atoms with Crippen molar-refractivity contribution in [3.05, 3.63) is 76.7 Å². The summed E-state index contributed by atoms with van der Waals surface area (Å²) in [6.45, 7) is 3.11. The van der Waals surface area contributed by atoms with Crippen molar-refractivity contribution in [3.63, 3.8) is 0 Å². The van der Waals surface area contributed by atoms with Crippen LogP contribution in [0.25, 0.3) is 10.2 Å². The van der Waals surface area contributed by atoms with Crippen LogP contribution in [0.5, 0.6) is 0 Å². The van der Waals surface area contributed by atoms with Gasteiger partial charge >= 0.3 is 0 Å². The van der Waals surface area contributed by atoms with Crippen LogP contribution >= 0.6 is 11.3 Å². The van der Waals surface area contributed by atoms with Crippen molar-refractivity contribution in [2.24, 2.45) is 0 Å². The summed E-state index contributed by atoms with van der Waals surface area (Å²) in [5.41, 5.74) is 11.5. The van der Waals surface area contributed by atoms with Crippen LogP contribution in [-0.2, 0) is 17.6 Å². The van der Waals surface area contributed by atoms with E-state index in [1.807, 2.05) is 60.7 Å². The molecule has 2 aromatic heterocycles. The first-order valence-electron chi connectivity index (χ1n) is 12.2. The molecule has 1 aliphatic carbocycles. The van der Waals surface area contributed by atoms with Crippen molar-refractivity contribution in [2.45, 2.75) is 25.7 Å². The number of morpholine rings is 1. The van der Waals surface area contributed by atoms with E-state index in [2.05, 4.69) is 4.90 Å². The summed E-state index contributed by atoms with van der Waals surface area (Å²) in [6.07, 6.45) is 4.27. The van der Waals surface area contributed by atoms with Crippen LogP contribution < -0.4 is 15.5 Å². The number of ether oxygens (including phenoxy) is 1. The first-order chi connectivity index (χ1) is 17.2. The molecule has 1 saturated heterocycles. The average Bonchev–Trinajstić information content (AvgIpc) is 3.26. The van der Waals surface area contributed by atoms with E-state index in [0.717, 1.165) is 66.2 Å². The van der Waals surface area contributed by atoms with Gasteiger partial charge in [0.15, 0.2) is 0 Å². The molecule has 0 radical (unpaired) electrons. The molecule has 4 aromatic rings. The quantitative estimate of drug-likeness (QED) is 0.410. The van der Waals surface area contributed by atoms with Crippen molar-refractivity contribution >= 4 is 50.3 Å². The zero-order valence-electron chi connectivity index (χ0n) is 19.6. The Morgan fingerprint density at radius 2 is 1.51 bits per heavy atom. The molecule has 35 heavy (non-hydrogen) atoms. The normalized spacial score (nSPS) is 15.7. The zero-order valence-corrected chi connectivity index (χ0v) is 20.4. The summed E-state index contributed by atoms with van der Waals surface area (Å²) >= 11 is 1.42. The summed E-state index contributed by atoms with van der Waals surface area (Å²) in [7, 11) is 0. The average molecular weight is 485 g/mol. The number of amides is 1. The van der Waals surface area contributed by atoms with Crippen molar-refractivity contribution in [1.29, 1.82) is 0 Å². The van der Waals surface area contributed by atoms with E-state index in [1.54, 1.807) is 4.90 Å². The largest absolute Gasteiger partial charge is 0.397 e. The minimum atomic E-state index is -0.125. The van der Waals surface area contributed by atoms with Crippen LogP contribution in [0, 0.1) is 0 Å². The number of carbonyl (C=O) groups excluding carboxylic acids is 1. The van der Waals surface area contributed by atoms with Crippen molar-refractivity contribution in [2.75, 3.05) is 41.8 Å². The monoisotopic (exact) mass is 484 g/mol. The molecule has 1 amide bonds. The Labute approximate surface area is 208 Å². The lowest BCUT2D eigenvalue weighted by Crippen LogP contribution is -2.37. The van der Waals surface area contributed by atoms with E-state index in [-0.39, 0.29) is 5.91 Å². The van der Waals surface area contributed by atoms with Crippen LogP contribution in [0.1, 0.15) is 33.6 Å². The van der Waals surface area contributed by atoms with Crippen LogP contribution in [0.3, 0.4) is 0 Å². The molecule has 178 valence electrons. The van der Waals surface area contributed by atoms with Gasteiger partial charge in [-0.15, -0.1) is 11.3 Å². The molecular formula is C28H28N4O2S. The molecule has 7 heteroatoms. The number of fused-ring (bicyclic) bond motifs is 3. The molecule has 0 spiro atoms. The van der Waals surface area contributed by atoms with Gasteiger partial charge in [0.1, 0.15) is 15.5 Å². The van der Waals surface area contributed by atoms with Gasteiger partial charge in [-0.2, -0.15) is 0 Å². The fourth-order valence-corrected chi connectivity index (χ4v) is 6.28. The van der Waals surface area contributed by atoms with Crippen molar-refractivity contribution in [1.82, 2.24) is 4.98 Å². The van der Waals surface area contributed by atoms with Gasteiger partial charge in [-0.05, 0) is 61.1 Å². The number of anilines is 4. The van der Waals surface area contributed by atoms with E-state index >= 15 is 0 Å². The van der Waals surface area contributed by atoms with Gasteiger partial charge in [-0.1, -0.05) is 36.4 Å². The molecule has 3 heterocycles. The Morgan fingerprint density at radius 3 is 2.14 bits per heavy atom. The second-order valence-electron chi connectivity index (χ2n) is 9.04. The minimum absolute atomic E-state index is 0.125. The van der Waals surface area contributed by atoms with E-state index in [4.69, 9.17) is 15.5 Å². The highest BCUT2D eigenvalue weighted by Gasteiger charge is 2.30. The number of nitrogen functional groups attached to an aromatic ring is 1. The topological polar surface area (TPSA) is 71.7 Å². The summed E-state index contributed by atoms with van der Waals surface area (Å²) in [5.74, 6) is 0.930. The lowest BCUT2D eigenvalue weighted by molar-refractivity contribution is 0.100. The molecular weight excluding hydrogens is 456 g/mol. The Balaban J connectivity index is 1.50. The Morgan fingerprint density at radius 1 is 0.914 bits per heavy atom. The molecule has 6 rings (SSSR count). The number of pyridine rings is 1. The first-order valence-corrected chi connectivity index (χ1v) is 13.0. The Kier molecular flexibility index (Phi) is 5.88. The summed E-state index contributed by atoms with van der Waals surface area (Å²) in [6, 6.07) is 19.5. The van der Waals surface area contributed by atoms with Gasteiger partial charge in [0.25, 0.3) is 5.91 Å². The lowest BCUT2D eigenvalue weighted by atomic mass is 9.89. The number of hydrogen-bond acceptors (Lipinski definition) is 6. The van der Waals surface area contributed by atoms with Gasteiger partial charge in [0, 0.05) is 29.9 Å². The van der Waals surface area contributed by atoms with E-state index < -0.39 is 0 Å². The third-order valence-corrected chi connectivity index (χ3v) is 8.00. The van der Waals surface area contributed by atoms with Crippen molar-refractivity contribution < 1.29 is 9.53 Å². The number of nitrogens with zero attached hydrogens (tertiary/aromatic N) is 3. The van der Waals surface area contributed by atoms with Crippen LogP contribution in [0.15, 0.2) is 60.7 Å². The smallest absolute Gasteiger partial charge is 0.275 e. The third-order valence-electron chi connectivity index (χ3n) is 6.91. The number of thiophene rings is 1. The number of hydrogen-bond donors (Lipinski definition) is 1. The molecule has 2 aromatic carbocycles. The SMILES string of the molecule is Nc1c(C(=O)N(c2ccccc2)c2ccccc2)sc2nc(N3CCOCC3)c3c(c12)CCCC3. The predicted molar refractivity (Wildman–Crippen MR) is 143 cm³/mol. The molecule has 2 N–H and O–H groups in total. The molecule has 0 saturated carbocycles. The molecule has 0 unspecified atom stereocenters. The number of para-hydroxylation sites is 2.